The molecule has 24 heavy (non-hydrogen) atoms. The van der Waals surface area contributed by atoms with Gasteiger partial charge in [-0.3, -0.25) is 4.79 Å². The number of anilines is 1. The van der Waals surface area contributed by atoms with E-state index in [0.717, 1.165) is 16.5 Å². The molecule has 1 heterocycles. The van der Waals surface area contributed by atoms with E-state index in [9.17, 15) is 13.2 Å². The van der Waals surface area contributed by atoms with Crippen molar-refractivity contribution in [3.63, 3.8) is 0 Å². The van der Waals surface area contributed by atoms with Gasteiger partial charge in [-0.05, 0) is 49.7 Å². The zero-order valence-corrected chi connectivity index (χ0v) is 14.0. The maximum absolute atomic E-state index is 12.4. The second-order valence-electron chi connectivity index (χ2n) is 5.58. The van der Waals surface area contributed by atoms with Crippen molar-refractivity contribution in [1.82, 2.24) is 0 Å². The highest BCUT2D eigenvalue weighted by Crippen LogP contribution is 2.27. The first kappa shape index (κ1) is 16.2. The fourth-order valence-corrected chi connectivity index (χ4v) is 2.98. The van der Waals surface area contributed by atoms with Gasteiger partial charge in [-0.2, -0.15) is 0 Å². The number of benzene rings is 2. The van der Waals surface area contributed by atoms with Crippen LogP contribution >= 0.6 is 0 Å². The summed E-state index contributed by atoms with van der Waals surface area (Å²) in [6.45, 7) is 3.77. The van der Waals surface area contributed by atoms with Crippen LogP contribution in [0.2, 0.25) is 0 Å². The zero-order chi connectivity index (χ0) is 17.5. The van der Waals surface area contributed by atoms with Crippen LogP contribution in [0, 0.1) is 13.8 Å². The Morgan fingerprint density at radius 1 is 1.08 bits per heavy atom. The van der Waals surface area contributed by atoms with Gasteiger partial charge < -0.3 is 9.73 Å². The molecule has 0 fully saturated rings. The molecular formula is C17H16N2O4S. The number of carbonyl (C=O) groups is 1. The molecule has 0 aliphatic heterocycles. The van der Waals surface area contributed by atoms with Crippen molar-refractivity contribution in [2.45, 2.75) is 18.7 Å². The molecule has 6 nitrogen and oxygen atoms in total. The van der Waals surface area contributed by atoms with E-state index in [4.69, 9.17) is 9.56 Å². The van der Waals surface area contributed by atoms with Crippen LogP contribution in [-0.4, -0.2) is 14.3 Å². The molecule has 0 unspecified atom stereocenters. The van der Waals surface area contributed by atoms with Gasteiger partial charge in [-0.1, -0.05) is 12.1 Å². The van der Waals surface area contributed by atoms with E-state index in [1.54, 1.807) is 0 Å². The third-order valence-electron chi connectivity index (χ3n) is 3.74. The van der Waals surface area contributed by atoms with E-state index in [-0.39, 0.29) is 10.7 Å². The Bertz CT molecular complexity index is 1030. The van der Waals surface area contributed by atoms with E-state index >= 15 is 0 Å². The van der Waals surface area contributed by atoms with E-state index in [1.807, 2.05) is 32.0 Å². The van der Waals surface area contributed by atoms with Gasteiger partial charge in [0.25, 0.3) is 5.91 Å². The molecule has 0 spiro atoms. The van der Waals surface area contributed by atoms with Gasteiger partial charge in [0.1, 0.15) is 5.58 Å². The first-order valence-electron chi connectivity index (χ1n) is 7.19. The molecule has 3 aromatic rings. The van der Waals surface area contributed by atoms with Crippen molar-refractivity contribution in [3.05, 3.63) is 59.4 Å². The Labute approximate surface area is 139 Å². The van der Waals surface area contributed by atoms with Crippen molar-refractivity contribution in [3.8, 4) is 0 Å². The van der Waals surface area contributed by atoms with Crippen molar-refractivity contribution in [2.75, 3.05) is 5.32 Å². The molecule has 0 aliphatic carbocycles. The Balaban J connectivity index is 1.89. The minimum atomic E-state index is -3.76. The number of aryl methyl sites for hydroxylation is 2. The second-order valence-corrected chi connectivity index (χ2v) is 7.14. The molecule has 1 amide bonds. The summed E-state index contributed by atoms with van der Waals surface area (Å²) in [5, 5.41) is 8.61. The summed E-state index contributed by atoms with van der Waals surface area (Å²) in [6, 6.07) is 11.4. The van der Waals surface area contributed by atoms with Gasteiger partial charge in [0, 0.05) is 16.6 Å². The summed E-state index contributed by atoms with van der Waals surface area (Å²) < 4.78 is 28.1. The molecule has 124 valence electrons. The Morgan fingerprint density at radius 3 is 2.38 bits per heavy atom. The lowest BCUT2D eigenvalue weighted by Gasteiger charge is -2.05. The maximum atomic E-state index is 12.4. The lowest BCUT2D eigenvalue weighted by Crippen LogP contribution is -2.14. The van der Waals surface area contributed by atoms with Gasteiger partial charge in [-0.15, -0.1) is 0 Å². The number of sulfonamides is 1. The Morgan fingerprint density at radius 2 is 1.75 bits per heavy atom. The van der Waals surface area contributed by atoms with Crippen LogP contribution in [0.15, 0.2) is 51.8 Å². The van der Waals surface area contributed by atoms with Crippen LogP contribution in [0.1, 0.15) is 21.7 Å². The summed E-state index contributed by atoms with van der Waals surface area (Å²) in [5.41, 5.74) is 2.90. The number of nitrogens with one attached hydrogen (secondary N) is 1. The topological polar surface area (TPSA) is 102 Å². The molecule has 1 aromatic heterocycles. The number of hydrogen-bond donors (Lipinski definition) is 2. The second kappa shape index (κ2) is 5.77. The van der Waals surface area contributed by atoms with E-state index in [0.29, 0.717) is 11.3 Å². The van der Waals surface area contributed by atoms with Gasteiger partial charge in [0.2, 0.25) is 10.0 Å². The summed E-state index contributed by atoms with van der Waals surface area (Å²) in [7, 11) is -3.76. The van der Waals surface area contributed by atoms with Crippen molar-refractivity contribution in [2.24, 2.45) is 5.14 Å². The van der Waals surface area contributed by atoms with E-state index in [1.165, 1.54) is 24.3 Å². The lowest BCUT2D eigenvalue weighted by atomic mass is 10.1. The highest BCUT2D eigenvalue weighted by molar-refractivity contribution is 7.89. The van der Waals surface area contributed by atoms with Crippen LogP contribution in [0.25, 0.3) is 11.0 Å². The minimum absolute atomic E-state index is 0.0177. The fourth-order valence-electron chi connectivity index (χ4n) is 2.47. The molecule has 0 saturated carbocycles. The molecule has 0 bridgehead atoms. The SMILES string of the molecule is Cc1ccc2c(C)c(C(=O)Nc3ccc(S(N)(=O)=O)cc3)oc2c1. The predicted octanol–water partition coefficient (Wildman–Crippen LogP) is 2.95. The molecule has 0 radical (unpaired) electrons. The minimum Gasteiger partial charge on any atom is -0.451 e. The number of nitrogens with two attached hydrogens (primary N) is 1. The van der Waals surface area contributed by atoms with Crippen LogP contribution in [0.5, 0.6) is 0 Å². The molecule has 3 N–H and O–H groups in total. The third kappa shape index (κ3) is 3.04. The summed E-state index contributed by atoms with van der Waals surface area (Å²) >= 11 is 0. The average molecular weight is 344 g/mol. The largest absolute Gasteiger partial charge is 0.451 e. The third-order valence-corrected chi connectivity index (χ3v) is 4.67. The quantitative estimate of drug-likeness (QED) is 0.762. The Hall–Kier alpha value is -2.64. The van der Waals surface area contributed by atoms with Crippen LogP contribution in [0.4, 0.5) is 5.69 Å². The molecule has 7 heteroatoms. The van der Waals surface area contributed by atoms with Gasteiger partial charge >= 0.3 is 0 Å². The zero-order valence-electron chi connectivity index (χ0n) is 13.2. The molecule has 0 atom stereocenters. The van der Waals surface area contributed by atoms with Crippen LogP contribution < -0.4 is 10.5 Å². The number of rotatable bonds is 3. The molecule has 0 aliphatic rings. The fraction of sp³-hybridized carbons (Fsp3) is 0.118. The number of primary sulfonamides is 1. The van der Waals surface area contributed by atoms with Crippen molar-refractivity contribution >= 4 is 32.6 Å². The normalized spacial score (nSPS) is 11.6. The molecule has 2 aromatic carbocycles. The maximum Gasteiger partial charge on any atom is 0.291 e. The first-order chi connectivity index (χ1) is 11.3. The smallest absolute Gasteiger partial charge is 0.291 e. The van der Waals surface area contributed by atoms with Gasteiger partial charge in [-0.25, -0.2) is 13.6 Å². The number of furan rings is 1. The number of amides is 1. The first-order valence-corrected chi connectivity index (χ1v) is 8.74. The molecular weight excluding hydrogens is 328 g/mol. The van der Waals surface area contributed by atoms with Gasteiger partial charge in [0.05, 0.1) is 4.90 Å². The van der Waals surface area contributed by atoms with Crippen LogP contribution in [0.3, 0.4) is 0 Å². The van der Waals surface area contributed by atoms with Crippen molar-refractivity contribution < 1.29 is 17.6 Å². The summed E-state index contributed by atoms with van der Waals surface area (Å²) in [4.78, 5) is 12.4. The van der Waals surface area contributed by atoms with E-state index < -0.39 is 15.9 Å². The highest BCUT2D eigenvalue weighted by Gasteiger charge is 2.18. The average Bonchev–Trinajstić information content (AvgIpc) is 2.83. The predicted molar refractivity (Wildman–Crippen MR) is 91.5 cm³/mol. The molecule has 3 rings (SSSR count). The van der Waals surface area contributed by atoms with E-state index in [2.05, 4.69) is 5.32 Å². The lowest BCUT2D eigenvalue weighted by molar-refractivity contribution is 0.0998. The number of hydrogen-bond acceptors (Lipinski definition) is 4. The number of carbonyl (C=O) groups excluding carboxylic acids is 1. The monoisotopic (exact) mass is 344 g/mol. The van der Waals surface area contributed by atoms with Crippen molar-refractivity contribution in [1.29, 1.82) is 0 Å². The Kier molecular flexibility index (Phi) is 3.90. The summed E-state index contributed by atoms with van der Waals surface area (Å²) in [5.74, 6) is -0.171. The number of fused-ring (bicyclic) bond motifs is 1. The van der Waals surface area contributed by atoms with Crippen LogP contribution in [-0.2, 0) is 10.0 Å². The summed E-state index contributed by atoms with van der Waals surface area (Å²) in [6.07, 6.45) is 0. The molecule has 0 saturated heterocycles. The standard InChI is InChI=1S/C17H16N2O4S/c1-10-3-8-14-11(2)16(23-15(14)9-10)17(20)19-12-4-6-13(7-5-12)24(18,21)22/h3-9H,1-2H3,(H,19,20)(H2,18,21,22). The van der Waals surface area contributed by atoms with Gasteiger partial charge in [0.15, 0.2) is 5.76 Å². The highest BCUT2D eigenvalue weighted by atomic mass is 32.2.